The molecule has 2 aromatic heterocycles. The number of carbonyl (C=O) groups is 1. The van der Waals surface area contributed by atoms with E-state index >= 15 is 0 Å². The van der Waals surface area contributed by atoms with Gasteiger partial charge >= 0.3 is 11.6 Å². The second kappa shape index (κ2) is 7.35. The van der Waals surface area contributed by atoms with Gasteiger partial charge in [-0.05, 0) is 36.6 Å². The van der Waals surface area contributed by atoms with E-state index in [9.17, 15) is 14.9 Å². The highest BCUT2D eigenvalue weighted by Gasteiger charge is 2.30. The minimum Gasteiger partial charge on any atom is -0.459 e. The van der Waals surface area contributed by atoms with Crippen LogP contribution in [-0.4, -0.2) is 27.3 Å². The van der Waals surface area contributed by atoms with E-state index in [2.05, 4.69) is 20.8 Å². The third kappa shape index (κ3) is 3.22. The van der Waals surface area contributed by atoms with Gasteiger partial charge in [0.05, 0.1) is 11.2 Å². The van der Waals surface area contributed by atoms with Crippen LogP contribution in [0.2, 0.25) is 0 Å². The van der Waals surface area contributed by atoms with Gasteiger partial charge in [0.2, 0.25) is 11.6 Å². The Kier molecular flexibility index (Phi) is 4.58. The molecule has 1 aliphatic heterocycles. The molecule has 28 heavy (non-hydrogen) atoms. The summed E-state index contributed by atoms with van der Waals surface area (Å²) in [5.41, 5.74) is 6.51. The van der Waals surface area contributed by atoms with E-state index in [1.807, 2.05) is 24.3 Å². The number of hydrogen-bond donors (Lipinski definition) is 2. The first-order valence-corrected chi connectivity index (χ1v) is 8.60. The number of benzene rings is 1. The summed E-state index contributed by atoms with van der Waals surface area (Å²) in [7, 11) is 0. The normalized spacial score (nSPS) is 12.9. The van der Waals surface area contributed by atoms with Crippen molar-refractivity contribution in [3.8, 4) is 0 Å². The molecular formula is C18H16N6O4. The van der Waals surface area contributed by atoms with Crippen molar-refractivity contribution in [2.45, 2.75) is 12.8 Å². The van der Waals surface area contributed by atoms with Crippen LogP contribution in [0.3, 0.4) is 0 Å². The quantitative estimate of drug-likeness (QED) is 0.511. The number of fused-ring (bicyclic) bond motifs is 1. The Bertz CT molecular complexity index is 1020. The zero-order valence-corrected chi connectivity index (χ0v) is 14.7. The lowest BCUT2D eigenvalue weighted by Crippen LogP contribution is -2.31. The molecule has 142 valence electrons. The summed E-state index contributed by atoms with van der Waals surface area (Å²) < 4.78 is 4.99. The number of carbonyl (C=O) groups excluding carboxylic acids is 1. The fourth-order valence-electron chi connectivity index (χ4n) is 3.17. The number of nitrogens with zero attached hydrogens (tertiary/aromatic N) is 4. The zero-order valence-electron chi connectivity index (χ0n) is 14.7. The maximum Gasteiger partial charge on any atom is 0.355 e. The van der Waals surface area contributed by atoms with Crippen LogP contribution in [0.4, 0.5) is 23.0 Å². The highest BCUT2D eigenvalue weighted by atomic mass is 16.6. The third-order valence-corrected chi connectivity index (χ3v) is 4.39. The number of nitrogens with one attached hydrogen (secondary N) is 2. The van der Waals surface area contributed by atoms with Crippen LogP contribution in [0.25, 0.3) is 0 Å². The van der Waals surface area contributed by atoms with Gasteiger partial charge in [0, 0.05) is 12.2 Å². The van der Waals surface area contributed by atoms with E-state index < -0.39 is 10.8 Å². The van der Waals surface area contributed by atoms with Crippen molar-refractivity contribution in [3.63, 3.8) is 0 Å². The number of para-hydroxylation sites is 1. The highest BCUT2D eigenvalue weighted by molar-refractivity contribution is 5.92. The molecule has 3 aromatic rings. The highest BCUT2D eigenvalue weighted by Crippen LogP contribution is 2.39. The zero-order chi connectivity index (χ0) is 19.5. The monoisotopic (exact) mass is 380 g/mol. The molecule has 1 aliphatic rings. The predicted molar refractivity (Wildman–Crippen MR) is 100 cm³/mol. The van der Waals surface area contributed by atoms with Crippen molar-refractivity contribution in [1.29, 1.82) is 0 Å². The minimum absolute atomic E-state index is 0.0643. The lowest BCUT2D eigenvalue weighted by atomic mass is 10.0. The molecule has 1 aromatic carbocycles. The van der Waals surface area contributed by atoms with E-state index in [-0.39, 0.29) is 23.1 Å². The Morgan fingerprint density at radius 2 is 2.07 bits per heavy atom. The predicted octanol–water partition coefficient (Wildman–Crippen LogP) is 2.82. The molecule has 3 heterocycles. The van der Waals surface area contributed by atoms with Gasteiger partial charge in [-0.15, -0.1) is 0 Å². The minimum atomic E-state index is -0.581. The van der Waals surface area contributed by atoms with E-state index in [4.69, 9.17) is 4.42 Å². The number of nitro groups is 1. The van der Waals surface area contributed by atoms with E-state index in [1.54, 1.807) is 11.0 Å². The van der Waals surface area contributed by atoms with Crippen LogP contribution >= 0.6 is 0 Å². The van der Waals surface area contributed by atoms with Gasteiger partial charge in [-0.2, -0.15) is 0 Å². The number of hydrogen-bond acceptors (Lipinski definition) is 8. The maximum absolute atomic E-state index is 12.0. The second-order valence-corrected chi connectivity index (χ2v) is 6.09. The van der Waals surface area contributed by atoms with Gasteiger partial charge < -0.3 is 9.32 Å². The summed E-state index contributed by atoms with van der Waals surface area (Å²) in [4.78, 5) is 33.2. The number of hydrazine groups is 1. The molecular weight excluding hydrogens is 364 g/mol. The summed E-state index contributed by atoms with van der Waals surface area (Å²) in [6.07, 6.45) is 4.32. The van der Waals surface area contributed by atoms with Gasteiger partial charge in [0.15, 0.2) is 5.76 Å². The Morgan fingerprint density at radius 1 is 1.21 bits per heavy atom. The molecule has 0 radical (unpaired) electrons. The van der Waals surface area contributed by atoms with Crippen molar-refractivity contribution in [1.82, 2.24) is 15.4 Å². The van der Waals surface area contributed by atoms with Gasteiger partial charge in [0.25, 0.3) is 0 Å². The summed E-state index contributed by atoms with van der Waals surface area (Å²) >= 11 is 0. The smallest absolute Gasteiger partial charge is 0.355 e. The fourth-order valence-corrected chi connectivity index (χ4v) is 3.17. The number of aromatic nitrogens is 2. The fraction of sp³-hybridized carbons (Fsp3) is 0.167. The summed E-state index contributed by atoms with van der Waals surface area (Å²) in [6, 6.07) is 10.8. The van der Waals surface area contributed by atoms with Crippen molar-refractivity contribution in [2.24, 2.45) is 0 Å². The van der Waals surface area contributed by atoms with Gasteiger partial charge in [-0.3, -0.25) is 25.8 Å². The van der Waals surface area contributed by atoms with Gasteiger partial charge in [0.1, 0.15) is 6.33 Å². The largest absolute Gasteiger partial charge is 0.459 e. The summed E-state index contributed by atoms with van der Waals surface area (Å²) in [6.45, 7) is 0.590. The first-order chi connectivity index (χ1) is 13.6. The lowest BCUT2D eigenvalue weighted by molar-refractivity contribution is -0.383. The summed E-state index contributed by atoms with van der Waals surface area (Å²) in [5.74, 6) is -0.461. The SMILES string of the molecule is O=C(NNc1ncnc(N2CCCc3ccccc32)c1[N+](=O)[O-])c1ccco1. The average molecular weight is 380 g/mol. The van der Waals surface area contributed by atoms with E-state index in [0.717, 1.165) is 24.1 Å². The average Bonchev–Trinajstić information content (AvgIpc) is 3.26. The topological polar surface area (TPSA) is 126 Å². The standard InChI is InChI=1S/C18H16N6O4/c25-18(14-8-4-10-28-14)22-21-16-15(24(26)27)17(20-11-19-16)23-9-3-6-12-5-1-2-7-13(12)23/h1-2,4-5,7-8,10-11H,3,6,9H2,(H,22,25)(H,19,20,21). The van der Waals surface area contributed by atoms with Crippen molar-refractivity contribution in [2.75, 3.05) is 16.9 Å². The Labute approximate surface area is 159 Å². The van der Waals surface area contributed by atoms with E-state index in [1.165, 1.54) is 18.7 Å². The first kappa shape index (κ1) is 17.5. The molecule has 1 amide bonds. The van der Waals surface area contributed by atoms with Crippen LogP contribution < -0.4 is 15.8 Å². The second-order valence-electron chi connectivity index (χ2n) is 6.09. The van der Waals surface area contributed by atoms with Crippen LogP contribution in [0, 0.1) is 10.1 Å². The molecule has 0 unspecified atom stereocenters. The van der Waals surface area contributed by atoms with Crippen LogP contribution in [0.5, 0.6) is 0 Å². The molecule has 2 N–H and O–H groups in total. The molecule has 0 bridgehead atoms. The molecule has 0 atom stereocenters. The maximum atomic E-state index is 12.0. The number of rotatable bonds is 5. The van der Waals surface area contributed by atoms with Crippen LogP contribution in [0.15, 0.2) is 53.4 Å². The van der Waals surface area contributed by atoms with Crippen molar-refractivity contribution >= 4 is 28.9 Å². The lowest BCUT2D eigenvalue weighted by Gasteiger charge is -2.30. The molecule has 10 nitrogen and oxygen atoms in total. The molecule has 0 aliphatic carbocycles. The van der Waals surface area contributed by atoms with Crippen LogP contribution in [-0.2, 0) is 6.42 Å². The van der Waals surface area contributed by atoms with Gasteiger partial charge in [-0.25, -0.2) is 9.97 Å². The third-order valence-electron chi connectivity index (χ3n) is 4.39. The Hall–Kier alpha value is -3.95. The van der Waals surface area contributed by atoms with Crippen LogP contribution in [0.1, 0.15) is 22.5 Å². The van der Waals surface area contributed by atoms with Gasteiger partial charge in [-0.1, -0.05) is 18.2 Å². The van der Waals surface area contributed by atoms with Crippen molar-refractivity contribution in [3.05, 3.63) is 70.4 Å². The molecule has 0 saturated heterocycles. The first-order valence-electron chi connectivity index (χ1n) is 8.60. The number of amides is 1. The molecule has 0 fully saturated rings. The molecule has 0 saturated carbocycles. The van der Waals surface area contributed by atoms with E-state index in [0.29, 0.717) is 6.54 Å². The number of aryl methyl sites for hydroxylation is 1. The molecule has 10 heteroatoms. The molecule has 0 spiro atoms. The Morgan fingerprint density at radius 3 is 2.86 bits per heavy atom. The molecule has 4 rings (SSSR count). The summed E-state index contributed by atoms with van der Waals surface area (Å²) in [5, 5.41) is 11.8. The van der Waals surface area contributed by atoms with Crippen molar-refractivity contribution < 1.29 is 14.1 Å². The Balaban J connectivity index is 1.67. The number of anilines is 3. The number of furan rings is 1.